The third-order valence-corrected chi connectivity index (χ3v) is 3.88. The fourth-order valence-corrected chi connectivity index (χ4v) is 2.51. The lowest BCUT2D eigenvalue weighted by atomic mass is 10.2. The van der Waals surface area contributed by atoms with E-state index in [-0.39, 0.29) is 11.6 Å². The lowest BCUT2D eigenvalue weighted by Crippen LogP contribution is -2.14. The predicted molar refractivity (Wildman–Crippen MR) is 106 cm³/mol. The number of aromatic nitrogens is 2. The normalized spacial score (nSPS) is 10.1. The molecule has 3 aromatic rings. The zero-order valence-electron chi connectivity index (χ0n) is 15.7. The molecule has 28 heavy (non-hydrogen) atoms. The van der Waals surface area contributed by atoms with E-state index in [1.165, 1.54) is 6.33 Å². The van der Waals surface area contributed by atoms with Crippen molar-refractivity contribution in [1.82, 2.24) is 9.97 Å². The molecule has 0 unspecified atom stereocenters. The first-order valence-electron chi connectivity index (χ1n) is 8.39. The van der Waals surface area contributed by atoms with E-state index >= 15 is 0 Å². The highest BCUT2D eigenvalue weighted by molar-refractivity contribution is 6.03. The molecule has 1 amide bonds. The van der Waals surface area contributed by atoms with E-state index < -0.39 is 0 Å². The fraction of sp³-hybridized carbons (Fsp3) is 0.150. The van der Waals surface area contributed by atoms with Crippen molar-refractivity contribution in [1.29, 1.82) is 0 Å². The van der Waals surface area contributed by atoms with Crippen LogP contribution in [0.2, 0.25) is 0 Å². The minimum atomic E-state index is -0.356. The third-order valence-electron chi connectivity index (χ3n) is 3.88. The number of methoxy groups -OCH3 is 3. The lowest BCUT2D eigenvalue weighted by Gasteiger charge is -2.11. The maximum Gasteiger partial charge on any atom is 0.274 e. The maximum atomic E-state index is 12.5. The van der Waals surface area contributed by atoms with Crippen LogP contribution in [0.15, 0.2) is 54.9 Å². The van der Waals surface area contributed by atoms with Gasteiger partial charge in [-0.2, -0.15) is 0 Å². The first kappa shape index (κ1) is 19.0. The van der Waals surface area contributed by atoms with Gasteiger partial charge in [-0.1, -0.05) is 6.07 Å². The molecule has 0 saturated carbocycles. The Morgan fingerprint density at radius 1 is 0.857 bits per heavy atom. The van der Waals surface area contributed by atoms with Gasteiger partial charge in [0.2, 0.25) is 0 Å². The van der Waals surface area contributed by atoms with E-state index in [0.29, 0.717) is 28.8 Å². The molecule has 0 aliphatic carbocycles. The number of nitrogens with one attached hydrogen (secondary N) is 2. The molecule has 144 valence electrons. The van der Waals surface area contributed by atoms with Crippen LogP contribution in [0.4, 0.5) is 17.2 Å². The van der Waals surface area contributed by atoms with Crippen LogP contribution in [-0.4, -0.2) is 37.2 Å². The molecule has 1 aromatic heterocycles. The molecule has 0 aliphatic rings. The highest BCUT2D eigenvalue weighted by Gasteiger charge is 2.11. The molecular weight excluding hydrogens is 360 g/mol. The van der Waals surface area contributed by atoms with Gasteiger partial charge in [0.15, 0.2) is 11.5 Å². The Morgan fingerprint density at radius 3 is 2.43 bits per heavy atom. The third kappa shape index (κ3) is 4.47. The molecule has 1 heterocycles. The van der Waals surface area contributed by atoms with Gasteiger partial charge in [-0.25, -0.2) is 9.97 Å². The van der Waals surface area contributed by atoms with Gasteiger partial charge in [0, 0.05) is 29.6 Å². The highest BCUT2D eigenvalue weighted by atomic mass is 16.5. The zero-order valence-corrected chi connectivity index (χ0v) is 15.7. The van der Waals surface area contributed by atoms with Crippen LogP contribution in [0.1, 0.15) is 10.5 Å². The summed E-state index contributed by atoms with van der Waals surface area (Å²) in [5, 5.41) is 5.90. The van der Waals surface area contributed by atoms with Gasteiger partial charge in [-0.3, -0.25) is 4.79 Å². The standard InChI is InChI=1S/C20H20N4O4/c1-26-15-6-4-5-13(9-15)24-20(25)16-11-19(22-12-21-16)23-14-7-8-17(27-2)18(10-14)28-3/h4-12H,1-3H3,(H,24,25)(H,21,22,23). The Bertz CT molecular complexity index is 978. The Kier molecular flexibility index (Phi) is 5.91. The van der Waals surface area contributed by atoms with E-state index in [9.17, 15) is 4.79 Å². The highest BCUT2D eigenvalue weighted by Crippen LogP contribution is 2.30. The van der Waals surface area contributed by atoms with Crippen LogP contribution in [0, 0.1) is 0 Å². The smallest absolute Gasteiger partial charge is 0.274 e. The van der Waals surface area contributed by atoms with Crippen LogP contribution in [-0.2, 0) is 0 Å². The summed E-state index contributed by atoms with van der Waals surface area (Å²) in [6.45, 7) is 0. The molecule has 2 N–H and O–H groups in total. The second kappa shape index (κ2) is 8.72. The lowest BCUT2D eigenvalue weighted by molar-refractivity contribution is 0.102. The number of benzene rings is 2. The molecule has 0 atom stereocenters. The van der Waals surface area contributed by atoms with Crippen molar-refractivity contribution in [3.05, 3.63) is 60.6 Å². The molecule has 8 heteroatoms. The molecule has 0 spiro atoms. The van der Waals surface area contributed by atoms with E-state index in [1.54, 1.807) is 63.8 Å². The maximum absolute atomic E-state index is 12.5. The van der Waals surface area contributed by atoms with Crippen LogP contribution in [0.3, 0.4) is 0 Å². The van der Waals surface area contributed by atoms with E-state index in [4.69, 9.17) is 14.2 Å². The van der Waals surface area contributed by atoms with Crippen molar-refractivity contribution in [3.63, 3.8) is 0 Å². The fourth-order valence-electron chi connectivity index (χ4n) is 2.51. The second-order valence-corrected chi connectivity index (χ2v) is 5.67. The number of anilines is 3. The first-order chi connectivity index (χ1) is 13.6. The molecule has 8 nitrogen and oxygen atoms in total. The molecular formula is C20H20N4O4. The van der Waals surface area contributed by atoms with Gasteiger partial charge in [0.1, 0.15) is 23.6 Å². The van der Waals surface area contributed by atoms with Crippen molar-refractivity contribution >= 4 is 23.1 Å². The average Bonchev–Trinajstić information content (AvgIpc) is 2.74. The van der Waals surface area contributed by atoms with E-state index in [2.05, 4.69) is 20.6 Å². The molecule has 0 aliphatic heterocycles. The van der Waals surface area contributed by atoms with Crippen LogP contribution in [0.5, 0.6) is 17.2 Å². The summed E-state index contributed by atoms with van der Waals surface area (Å²) in [5.41, 5.74) is 1.56. The Morgan fingerprint density at radius 2 is 1.68 bits per heavy atom. The second-order valence-electron chi connectivity index (χ2n) is 5.67. The van der Waals surface area contributed by atoms with Gasteiger partial charge in [-0.05, 0) is 24.3 Å². The summed E-state index contributed by atoms with van der Waals surface area (Å²) in [6, 6.07) is 14.0. The quantitative estimate of drug-likeness (QED) is 0.648. The number of ether oxygens (including phenoxy) is 3. The summed E-state index contributed by atoms with van der Waals surface area (Å²) in [6.07, 6.45) is 1.32. The SMILES string of the molecule is COc1cccc(NC(=O)c2cc(Nc3ccc(OC)c(OC)c3)ncn2)c1. The molecule has 3 rings (SSSR count). The Balaban J connectivity index is 1.75. The number of amides is 1. The van der Waals surface area contributed by atoms with Crippen LogP contribution >= 0.6 is 0 Å². The van der Waals surface area contributed by atoms with E-state index in [1.807, 2.05) is 6.07 Å². The number of carbonyl (C=O) groups excluding carboxylic acids is 1. The van der Waals surface area contributed by atoms with Gasteiger partial charge in [0.05, 0.1) is 21.3 Å². The largest absolute Gasteiger partial charge is 0.497 e. The van der Waals surface area contributed by atoms with Crippen molar-refractivity contribution < 1.29 is 19.0 Å². The molecule has 2 aromatic carbocycles. The van der Waals surface area contributed by atoms with Gasteiger partial charge < -0.3 is 24.8 Å². The van der Waals surface area contributed by atoms with Gasteiger partial charge >= 0.3 is 0 Å². The van der Waals surface area contributed by atoms with Crippen molar-refractivity contribution in [2.24, 2.45) is 0 Å². The molecule has 0 radical (unpaired) electrons. The zero-order chi connectivity index (χ0) is 19.9. The summed E-state index contributed by atoms with van der Waals surface area (Å²) in [5.74, 6) is 1.96. The molecule has 0 fully saturated rings. The Hall–Kier alpha value is -3.81. The predicted octanol–water partition coefficient (Wildman–Crippen LogP) is 3.50. The van der Waals surface area contributed by atoms with Crippen molar-refractivity contribution in [3.8, 4) is 17.2 Å². The molecule has 0 bridgehead atoms. The minimum Gasteiger partial charge on any atom is -0.497 e. The number of rotatable bonds is 7. The number of hydrogen-bond donors (Lipinski definition) is 2. The summed E-state index contributed by atoms with van der Waals surface area (Å²) >= 11 is 0. The summed E-state index contributed by atoms with van der Waals surface area (Å²) in [4.78, 5) is 20.7. The topological polar surface area (TPSA) is 94.6 Å². The van der Waals surface area contributed by atoms with Crippen molar-refractivity contribution in [2.75, 3.05) is 32.0 Å². The monoisotopic (exact) mass is 380 g/mol. The summed E-state index contributed by atoms with van der Waals surface area (Å²) in [7, 11) is 4.70. The van der Waals surface area contributed by atoms with Gasteiger partial charge in [0.25, 0.3) is 5.91 Å². The summed E-state index contributed by atoms with van der Waals surface area (Å²) < 4.78 is 15.7. The van der Waals surface area contributed by atoms with E-state index in [0.717, 1.165) is 5.69 Å². The number of hydrogen-bond acceptors (Lipinski definition) is 7. The van der Waals surface area contributed by atoms with Gasteiger partial charge in [-0.15, -0.1) is 0 Å². The van der Waals surface area contributed by atoms with Crippen molar-refractivity contribution in [2.45, 2.75) is 0 Å². The minimum absolute atomic E-state index is 0.223. The molecule has 0 saturated heterocycles. The number of nitrogens with zero attached hydrogens (tertiary/aromatic N) is 2. The first-order valence-corrected chi connectivity index (χ1v) is 8.39. The average molecular weight is 380 g/mol. The number of carbonyl (C=O) groups is 1. The van der Waals surface area contributed by atoms with Crippen LogP contribution in [0.25, 0.3) is 0 Å². The Labute approximate surface area is 162 Å². The van der Waals surface area contributed by atoms with Crippen LogP contribution < -0.4 is 24.8 Å².